The van der Waals surface area contributed by atoms with E-state index in [1.807, 2.05) is 12.1 Å². The molecule has 2 aliphatic rings. The van der Waals surface area contributed by atoms with Crippen molar-refractivity contribution in [1.29, 1.82) is 0 Å². The number of ether oxygens (including phenoxy) is 2. The quantitative estimate of drug-likeness (QED) is 0.813. The van der Waals surface area contributed by atoms with Crippen molar-refractivity contribution in [3.63, 3.8) is 0 Å². The van der Waals surface area contributed by atoms with E-state index in [1.165, 1.54) is 0 Å². The van der Waals surface area contributed by atoms with E-state index in [-0.39, 0.29) is 18.2 Å². The summed E-state index contributed by atoms with van der Waals surface area (Å²) in [5.41, 5.74) is 0.962. The summed E-state index contributed by atoms with van der Waals surface area (Å²) >= 11 is 0. The third-order valence-electron chi connectivity index (χ3n) is 3.77. The van der Waals surface area contributed by atoms with Gasteiger partial charge in [0.2, 0.25) is 5.88 Å². The van der Waals surface area contributed by atoms with E-state index in [0.29, 0.717) is 19.0 Å². The van der Waals surface area contributed by atoms with E-state index in [0.717, 1.165) is 31.4 Å². The molecule has 1 fully saturated rings. The van der Waals surface area contributed by atoms with Gasteiger partial charge in [-0.25, -0.2) is 9.78 Å². The molecule has 0 saturated carbocycles. The van der Waals surface area contributed by atoms with Crippen LogP contribution in [0.4, 0.5) is 4.79 Å². The van der Waals surface area contributed by atoms with Crippen LogP contribution < -0.4 is 15.4 Å². The van der Waals surface area contributed by atoms with E-state index < -0.39 is 0 Å². The Hall–Kier alpha value is -2.08. The number of carbonyl (C=O) groups excluding carboxylic acids is 1. The topological polar surface area (TPSA) is 72.5 Å². The number of nitrogens with zero attached hydrogens (tertiary/aromatic N) is 1. The standard InChI is InChI=1S/C16H21N3O3/c20-16(19-13-3-1-2-4-13)18-10-12-5-7-17-15(9-12)22-14-6-8-21-11-14/h1-2,5,7,9,13-14H,3-4,6,8,10-11H2,(H2,18,19,20). The zero-order valence-corrected chi connectivity index (χ0v) is 12.5. The fraction of sp³-hybridized carbons (Fsp3) is 0.500. The Morgan fingerprint density at radius 3 is 3.05 bits per heavy atom. The molecule has 3 rings (SSSR count). The van der Waals surface area contributed by atoms with Crippen LogP contribution in [0, 0.1) is 0 Å². The van der Waals surface area contributed by atoms with Gasteiger partial charge >= 0.3 is 6.03 Å². The van der Waals surface area contributed by atoms with E-state index in [1.54, 1.807) is 6.20 Å². The molecule has 2 N–H and O–H groups in total. The average molecular weight is 303 g/mol. The maximum absolute atomic E-state index is 11.8. The third-order valence-corrected chi connectivity index (χ3v) is 3.77. The summed E-state index contributed by atoms with van der Waals surface area (Å²) in [4.78, 5) is 16.0. The van der Waals surface area contributed by atoms with E-state index in [9.17, 15) is 4.79 Å². The van der Waals surface area contributed by atoms with Gasteiger partial charge in [-0.15, -0.1) is 0 Å². The van der Waals surface area contributed by atoms with Crippen LogP contribution >= 0.6 is 0 Å². The Labute approximate surface area is 129 Å². The van der Waals surface area contributed by atoms with Gasteiger partial charge < -0.3 is 20.1 Å². The minimum Gasteiger partial charge on any atom is -0.472 e. The predicted octanol–water partition coefficient (Wildman–Crippen LogP) is 1.77. The fourth-order valence-corrected chi connectivity index (χ4v) is 2.56. The monoisotopic (exact) mass is 303 g/mol. The molecule has 1 unspecified atom stereocenters. The van der Waals surface area contributed by atoms with Crippen LogP contribution in [0.5, 0.6) is 5.88 Å². The molecular weight excluding hydrogens is 282 g/mol. The van der Waals surface area contributed by atoms with Gasteiger partial charge in [-0.05, 0) is 24.5 Å². The fourth-order valence-electron chi connectivity index (χ4n) is 2.56. The summed E-state index contributed by atoms with van der Waals surface area (Å²) in [6.45, 7) is 1.80. The van der Waals surface area contributed by atoms with E-state index in [4.69, 9.17) is 9.47 Å². The number of hydrogen-bond acceptors (Lipinski definition) is 4. The molecule has 0 spiro atoms. The lowest BCUT2D eigenvalue weighted by Gasteiger charge is -2.14. The molecule has 0 aromatic carbocycles. The van der Waals surface area contributed by atoms with Gasteiger partial charge in [0.25, 0.3) is 0 Å². The van der Waals surface area contributed by atoms with Crippen LogP contribution in [0.2, 0.25) is 0 Å². The van der Waals surface area contributed by atoms with Crippen LogP contribution in [-0.4, -0.2) is 36.4 Å². The summed E-state index contributed by atoms with van der Waals surface area (Å²) in [5, 5.41) is 5.81. The van der Waals surface area contributed by atoms with Crippen molar-refractivity contribution in [3.05, 3.63) is 36.0 Å². The minimum atomic E-state index is -0.142. The van der Waals surface area contributed by atoms with Crippen molar-refractivity contribution < 1.29 is 14.3 Å². The maximum atomic E-state index is 11.8. The molecule has 6 heteroatoms. The van der Waals surface area contributed by atoms with Gasteiger partial charge in [0.1, 0.15) is 6.10 Å². The average Bonchev–Trinajstić information content (AvgIpc) is 3.19. The lowest BCUT2D eigenvalue weighted by Crippen LogP contribution is -2.40. The van der Waals surface area contributed by atoms with Crippen molar-refractivity contribution in [2.75, 3.05) is 13.2 Å². The first-order valence-electron chi connectivity index (χ1n) is 7.68. The SMILES string of the molecule is O=C(NCc1ccnc(OC2CCOC2)c1)NC1CC=CC1. The third kappa shape index (κ3) is 4.21. The first-order chi connectivity index (χ1) is 10.8. The number of carbonyl (C=O) groups is 1. The summed E-state index contributed by atoms with van der Waals surface area (Å²) in [7, 11) is 0. The largest absolute Gasteiger partial charge is 0.472 e. The van der Waals surface area contributed by atoms with Crippen molar-refractivity contribution in [1.82, 2.24) is 15.6 Å². The first-order valence-corrected chi connectivity index (χ1v) is 7.68. The van der Waals surface area contributed by atoms with Gasteiger partial charge in [0, 0.05) is 31.3 Å². The van der Waals surface area contributed by atoms with Gasteiger partial charge in [-0.1, -0.05) is 12.2 Å². The Morgan fingerprint density at radius 2 is 2.27 bits per heavy atom. The molecule has 0 radical (unpaired) electrons. The summed E-state index contributed by atoms with van der Waals surface area (Å²) < 4.78 is 11.0. The molecular formula is C16H21N3O3. The van der Waals surface area contributed by atoms with Crippen LogP contribution in [0.25, 0.3) is 0 Å². The molecule has 1 aromatic heterocycles. The highest BCUT2D eigenvalue weighted by atomic mass is 16.5. The van der Waals surface area contributed by atoms with Gasteiger partial charge in [-0.2, -0.15) is 0 Å². The molecule has 1 aliphatic heterocycles. The zero-order chi connectivity index (χ0) is 15.2. The number of pyridine rings is 1. The van der Waals surface area contributed by atoms with Crippen LogP contribution in [-0.2, 0) is 11.3 Å². The Kier molecular flexibility index (Phi) is 4.90. The van der Waals surface area contributed by atoms with Gasteiger partial charge in [0.05, 0.1) is 13.2 Å². The highest BCUT2D eigenvalue weighted by Crippen LogP contribution is 2.15. The second-order valence-corrected chi connectivity index (χ2v) is 5.57. The van der Waals surface area contributed by atoms with Crippen molar-refractivity contribution in [3.8, 4) is 5.88 Å². The Bertz CT molecular complexity index is 533. The van der Waals surface area contributed by atoms with Crippen LogP contribution in [0.3, 0.4) is 0 Å². The molecule has 1 saturated heterocycles. The molecule has 1 aliphatic carbocycles. The van der Waals surface area contributed by atoms with Gasteiger partial charge in [-0.3, -0.25) is 0 Å². The predicted molar refractivity (Wildman–Crippen MR) is 81.6 cm³/mol. The van der Waals surface area contributed by atoms with Crippen LogP contribution in [0.15, 0.2) is 30.5 Å². The second-order valence-electron chi connectivity index (χ2n) is 5.57. The first kappa shape index (κ1) is 14.8. The lowest BCUT2D eigenvalue weighted by atomic mass is 10.2. The minimum absolute atomic E-state index is 0.0777. The number of hydrogen-bond donors (Lipinski definition) is 2. The van der Waals surface area contributed by atoms with E-state index >= 15 is 0 Å². The molecule has 118 valence electrons. The number of rotatable bonds is 5. The summed E-state index contributed by atoms with van der Waals surface area (Å²) in [6, 6.07) is 3.81. The van der Waals surface area contributed by atoms with Gasteiger partial charge in [0.15, 0.2) is 0 Å². The smallest absolute Gasteiger partial charge is 0.315 e. The maximum Gasteiger partial charge on any atom is 0.315 e. The summed E-state index contributed by atoms with van der Waals surface area (Å²) in [6.07, 6.45) is 8.65. The molecule has 2 heterocycles. The Balaban J connectivity index is 1.46. The normalized spacial score (nSPS) is 21.0. The highest BCUT2D eigenvalue weighted by molar-refractivity contribution is 5.74. The molecule has 1 atom stereocenters. The van der Waals surface area contributed by atoms with Crippen molar-refractivity contribution in [2.24, 2.45) is 0 Å². The number of amides is 2. The molecule has 0 bridgehead atoms. The number of urea groups is 1. The molecule has 22 heavy (non-hydrogen) atoms. The lowest BCUT2D eigenvalue weighted by molar-refractivity contribution is 0.138. The second kappa shape index (κ2) is 7.26. The Morgan fingerprint density at radius 1 is 1.41 bits per heavy atom. The van der Waals surface area contributed by atoms with E-state index in [2.05, 4.69) is 27.8 Å². The highest BCUT2D eigenvalue weighted by Gasteiger charge is 2.18. The molecule has 2 amide bonds. The number of nitrogens with one attached hydrogen (secondary N) is 2. The zero-order valence-electron chi connectivity index (χ0n) is 12.5. The van der Waals surface area contributed by atoms with Crippen molar-refractivity contribution in [2.45, 2.75) is 38.0 Å². The number of aromatic nitrogens is 1. The summed E-state index contributed by atoms with van der Waals surface area (Å²) in [5.74, 6) is 0.579. The molecule has 1 aromatic rings. The van der Waals surface area contributed by atoms with Crippen molar-refractivity contribution >= 4 is 6.03 Å². The molecule has 6 nitrogen and oxygen atoms in total. The van der Waals surface area contributed by atoms with Crippen LogP contribution in [0.1, 0.15) is 24.8 Å².